The normalized spacial score (nSPS) is 10.7. The summed E-state index contributed by atoms with van der Waals surface area (Å²) in [6.07, 6.45) is 0. The van der Waals surface area contributed by atoms with Gasteiger partial charge in [0.25, 0.3) is 11.4 Å². The monoisotopic (exact) mass is 273 g/mol. The maximum absolute atomic E-state index is 10.9. The van der Waals surface area contributed by atoms with Gasteiger partial charge in [0.15, 0.2) is 0 Å². The van der Waals surface area contributed by atoms with Crippen molar-refractivity contribution in [3.63, 3.8) is 0 Å². The molecule has 0 aliphatic carbocycles. The Labute approximate surface area is 99.1 Å². The van der Waals surface area contributed by atoms with Crippen LogP contribution in [0.1, 0.15) is 5.56 Å². The number of hydrogen-bond acceptors (Lipinski definition) is 7. The Morgan fingerprint density at radius 1 is 1.17 bits per heavy atom. The van der Waals surface area contributed by atoms with Crippen molar-refractivity contribution in [2.75, 3.05) is 0 Å². The fourth-order valence-electron chi connectivity index (χ4n) is 1.20. The minimum atomic E-state index is -5.17. The zero-order valence-corrected chi connectivity index (χ0v) is 9.12. The number of hydrogen-bond donors (Lipinski definition) is 1. The maximum Gasteiger partial charge on any atom is 0.308 e. The van der Waals surface area contributed by atoms with Crippen LogP contribution >= 0.6 is 0 Å². The minimum absolute atomic E-state index is 0.471. The summed E-state index contributed by atoms with van der Waals surface area (Å²) in [5.41, 5.74) is -2.94. The molecule has 0 saturated carbocycles. The molecule has 94 valence electrons. The van der Waals surface area contributed by atoms with Gasteiger partial charge in [-0.1, -0.05) is 0 Å². The number of nitro groups is 2. The summed E-state index contributed by atoms with van der Waals surface area (Å²) < 4.78 is 30.7. The molecule has 0 fully saturated rings. The molecule has 0 spiro atoms. The van der Waals surface area contributed by atoms with E-state index < -0.39 is 41.8 Å². The molecule has 0 amide bonds. The zero-order valence-electron chi connectivity index (χ0n) is 8.30. The highest BCUT2D eigenvalue weighted by molar-refractivity contribution is 7.86. The highest BCUT2D eigenvalue weighted by Crippen LogP contribution is 2.33. The number of nitrogens with zero attached hydrogens (tertiary/aromatic N) is 3. The van der Waals surface area contributed by atoms with Gasteiger partial charge < -0.3 is 0 Å². The van der Waals surface area contributed by atoms with E-state index in [0.29, 0.717) is 12.1 Å². The van der Waals surface area contributed by atoms with Gasteiger partial charge in [-0.2, -0.15) is 13.7 Å². The second kappa shape index (κ2) is 4.35. The van der Waals surface area contributed by atoms with Gasteiger partial charge in [0, 0.05) is 12.1 Å². The van der Waals surface area contributed by atoms with Crippen LogP contribution in [-0.4, -0.2) is 22.8 Å². The van der Waals surface area contributed by atoms with Crippen LogP contribution in [0.3, 0.4) is 0 Å². The Balaban J connectivity index is 3.92. The van der Waals surface area contributed by atoms with Gasteiger partial charge in [0.1, 0.15) is 0 Å². The number of benzene rings is 1. The Morgan fingerprint density at radius 2 is 1.56 bits per heavy atom. The minimum Gasteiger partial charge on any atom is -0.281 e. The first kappa shape index (κ1) is 13.5. The van der Waals surface area contributed by atoms with E-state index >= 15 is 0 Å². The third-order valence-electron chi connectivity index (χ3n) is 1.83. The molecule has 11 heteroatoms. The van der Waals surface area contributed by atoms with Gasteiger partial charge in [0.2, 0.25) is 4.90 Å². The van der Waals surface area contributed by atoms with Crippen LogP contribution in [0.2, 0.25) is 0 Å². The molecule has 0 atom stereocenters. The lowest BCUT2D eigenvalue weighted by Crippen LogP contribution is -2.08. The molecule has 0 aliphatic rings. The van der Waals surface area contributed by atoms with Crippen molar-refractivity contribution in [1.29, 1.82) is 5.26 Å². The summed E-state index contributed by atoms with van der Waals surface area (Å²) in [7, 11) is -5.17. The summed E-state index contributed by atoms with van der Waals surface area (Å²) in [5.74, 6) is 0. The highest BCUT2D eigenvalue weighted by Gasteiger charge is 2.35. The molecule has 10 nitrogen and oxygen atoms in total. The lowest BCUT2D eigenvalue weighted by Gasteiger charge is -2.01. The van der Waals surface area contributed by atoms with E-state index in [1.54, 1.807) is 0 Å². The summed E-state index contributed by atoms with van der Waals surface area (Å²) in [4.78, 5) is 17.3. The quantitative estimate of drug-likeness (QED) is 0.475. The van der Waals surface area contributed by atoms with Crippen LogP contribution in [0.5, 0.6) is 0 Å². The van der Waals surface area contributed by atoms with E-state index in [1.165, 1.54) is 6.07 Å². The van der Waals surface area contributed by atoms with Gasteiger partial charge in [0.05, 0.1) is 21.5 Å². The number of nitro benzene ring substituents is 2. The Kier molecular flexibility index (Phi) is 3.26. The third-order valence-corrected chi connectivity index (χ3v) is 2.76. The molecular formula is C7H3N3O7S. The van der Waals surface area contributed by atoms with E-state index in [0.717, 1.165) is 0 Å². The van der Waals surface area contributed by atoms with Gasteiger partial charge >= 0.3 is 10.1 Å². The van der Waals surface area contributed by atoms with E-state index in [-0.39, 0.29) is 0 Å². The maximum atomic E-state index is 10.9. The van der Waals surface area contributed by atoms with Crippen molar-refractivity contribution in [2.24, 2.45) is 0 Å². The van der Waals surface area contributed by atoms with E-state index in [2.05, 4.69) is 0 Å². The molecule has 0 heterocycles. The number of nitriles is 1. The van der Waals surface area contributed by atoms with Crippen molar-refractivity contribution in [1.82, 2.24) is 0 Å². The van der Waals surface area contributed by atoms with Crippen molar-refractivity contribution in [3.05, 3.63) is 37.9 Å². The molecule has 0 aromatic heterocycles. The van der Waals surface area contributed by atoms with Crippen LogP contribution in [0.25, 0.3) is 0 Å². The lowest BCUT2D eigenvalue weighted by molar-refractivity contribution is -0.400. The molecule has 0 bridgehead atoms. The summed E-state index contributed by atoms with van der Waals surface area (Å²) in [6.45, 7) is 0. The summed E-state index contributed by atoms with van der Waals surface area (Å²) >= 11 is 0. The standard InChI is InChI=1S/C7H3N3O7S/c8-3-4-1-5(9(11)12)7(18(15,16)17)6(2-4)10(13)14/h1-2H,(H,15,16,17). The Morgan fingerprint density at radius 3 is 1.78 bits per heavy atom. The molecule has 0 radical (unpaired) electrons. The average molecular weight is 273 g/mol. The Hall–Kier alpha value is -2.58. The largest absolute Gasteiger partial charge is 0.308 e. The van der Waals surface area contributed by atoms with E-state index in [1.807, 2.05) is 0 Å². The highest BCUT2D eigenvalue weighted by atomic mass is 32.2. The topological polar surface area (TPSA) is 164 Å². The van der Waals surface area contributed by atoms with Gasteiger partial charge in [-0.3, -0.25) is 24.8 Å². The predicted octanol–water partition coefficient (Wildman–Crippen LogP) is 0.621. The SMILES string of the molecule is N#Cc1cc([N+](=O)[O-])c(S(=O)(=O)O)c([N+](=O)[O-])c1. The first-order chi connectivity index (χ1) is 8.18. The second-order valence-corrected chi connectivity index (χ2v) is 4.30. The zero-order chi connectivity index (χ0) is 14.1. The summed E-state index contributed by atoms with van der Waals surface area (Å²) in [6, 6.07) is 2.46. The predicted molar refractivity (Wildman–Crippen MR) is 54.3 cm³/mol. The van der Waals surface area contributed by atoms with Crippen LogP contribution in [-0.2, 0) is 10.1 Å². The van der Waals surface area contributed by atoms with E-state index in [9.17, 15) is 28.6 Å². The molecule has 18 heavy (non-hydrogen) atoms. The van der Waals surface area contributed by atoms with Crippen LogP contribution in [0.4, 0.5) is 11.4 Å². The van der Waals surface area contributed by atoms with Crippen molar-refractivity contribution in [3.8, 4) is 6.07 Å². The van der Waals surface area contributed by atoms with Gasteiger partial charge in [-0.05, 0) is 0 Å². The van der Waals surface area contributed by atoms with Gasteiger partial charge in [-0.15, -0.1) is 0 Å². The van der Waals surface area contributed by atoms with Crippen molar-refractivity contribution >= 4 is 21.5 Å². The molecule has 1 N–H and O–H groups in total. The van der Waals surface area contributed by atoms with Crippen LogP contribution < -0.4 is 0 Å². The van der Waals surface area contributed by atoms with Gasteiger partial charge in [-0.25, -0.2) is 0 Å². The first-order valence-corrected chi connectivity index (χ1v) is 5.47. The molecule has 1 aromatic rings. The fraction of sp³-hybridized carbons (Fsp3) is 0. The van der Waals surface area contributed by atoms with E-state index in [4.69, 9.17) is 9.81 Å². The lowest BCUT2D eigenvalue weighted by atomic mass is 10.2. The molecule has 0 aliphatic heterocycles. The third kappa shape index (κ3) is 2.39. The van der Waals surface area contributed by atoms with Crippen LogP contribution in [0.15, 0.2) is 17.0 Å². The molecule has 1 aromatic carbocycles. The molecule has 0 unspecified atom stereocenters. The molecule has 1 rings (SSSR count). The fourth-order valence-corrected chi connectivity index (χ4v) is 1.99. The smallest absolute Gasteiger partial charge is 0.281 e. The molecular weight excluding hydrogens is 270 g/mol. The number of rotatable bonds is 3. The van der Waals surface area contributed by atoms with Crippen molar-refractivity contribution < 1.29 is 22.8 Å². The van der Waals surface area contributed by atoms with Crippen LogP contribution in [0, 0.1) is 31.6 Å². The Bertz CT molecular complexity index is 652. The average Bonchev–Trinajstić information content (AvgIpc) is 2.25. The first-order valence-electron chi connectivity index (χ1n) is 4.03. The van der Waals surface area contributed by atoms with Crippen molar-refractivity contribution in [2.45, 2.75) is 4.90 Å². The second-order valence-electron chi connectivity index (χ2n) is 2.94. The molecule has 0 saturated heterocycles. The summed E-state index contributed by atoms with van der Waals surface area (Å²) in [5, 5.41) is 29.8.